The van der Waals surface area contributed by atoms with Crippen molar-refractivity contribution in [3.63, 3.8) is 0 Å². The highest BCUT2D eigenvalue weighted by Gasteiger charge is 2.27. The number of aliphatic imine (C=N–C) groups is 1. The summed E-state index contributed by atoms with van der Waals surface area (Å²) in [6, 6.07) is 0.538. The third-order valence-electron chi connectivity index (χ3n) is 3.05. The molecule has 1 heterocycles. The van der Waals surface area contributed by atoms with Crippen molar-refractivity contribution in [1.29, 1.82) is 5.41 Å². The van der Waals surface area contributed by atoms with Gasteiger partial charge < -0.3 is 16.4 Å². The maximum atomic E-state index is 7.07. The van der Waals surface area contributed by atoms with E-state index >= 15 is 0 Å². The van der Waals surface area contributed by atoms with E-state index in [2.05, 4.69) is 23.7 Å². The molecule has 1 atom stereocenters. The van der Waals surface area contributed by atoms with E-state index in [1.807, 2.05) is 4.90 Å². The van der Waals surface area contributed by atoms with Crippen molar-refractivity contribution < 1.29 is 0 Å². The number of guanidine groups is 2. The van der Waals surface area contributed by atoms with E-state index in [-0.39, 0.29) is 5.96 Å². The van der Waals surface area contributed by atoms with Gasteiger partial charge in [-0.3, -0.25) is 10.3 Å². The first kappa shape index (κ1) is 12.8. The second kappa shape index (κ2) is 5.69. The van der Waals surface area contributed by atoms with E-state index in [0.29, 0.717) is 12.0 Å². The van der Waals surface area contributed by atoms with Crippen LogP contribution in [0.15, 0.2) is 4.99 Å². The van der Waals surface area contributed by atoms with Crippen molar-refractivity contribution in [2.24, 2.45) is 16.5 Å². The first-order valence-electron chi connectivity index (χ1n) is 5.75. The highest BCUT2D eigenvalue weighted by atomic mass is 15.3. The molecule has 1 rings (SSSR count). The highest BCUT2D eigenvalue weighted by Crippen LogP contribution is 2.14. The van der Waals surface area contributed by atoms with Gasteiger partial charge in [0.15, 0.2) is 5.96 Å². The van der Waals surface area contributed by atoms with Gasteiger partial charge in [-0.05, 0) is 19.5 Å². The summed E-state index contributed by atoms with van der Waals surface area (Å²) in [7, 11) is 0. The van der Waals surface area contributed by atoms with Crippen molar-refractivity contribution in [2.45, 2.75) is 26.3 Å². The van der Waals surface area contributed by atoms with Crippen molar-refractivity contribution in [3.05, 3.63) is 0 Å². The molecule has 0 radical (unpaired) electrons. The standard InChI is InChI=1S/C10H22N6/c1-3-15(4-2)8-5-6-16(7-8)10(13)14-9(11)12/h8H,3-7H2,1-2H3,(H5,11,12,13,14). The van der Waals surface area contributed by atoms with Crippen LogP contribution in [0.1, 0.15) is 20.3 Å². The summed E-state index contributed by atoms with van der Waals surface area (Å²) < 4.78 is 0. The lowest BCUT2D eigenvalue weighted by Crippen LogP contribution is -2.41. The lowest BCUT2D eigenvalue weighted by Gasteiger charge is -2.26. The zero-order valence-corrected chi connectivity index (χ0v) is 10.1. The Morgan fingerprint density at radius 3 is 2.56 bits per heavy atom. The Balaban J connectivity index is 2.55. The van der Waals surface area contributed by atoms with Crippen LogP contribution in [0.2, 0.25) is 0 Å². The minimum absolute atomic E-state index is 0.233. The van der Waals surface area contributed by atoms with Crippen molar-refractivity contribution in [2.75, 3.05) is 26.2 Å². The third kappa shape index (κ3) is 3.10. The van der Waals surface area contributed by atoms with Gasteiger partial charge in [-0.25, -0.2) is 0 Å². The van der Waals surface area contributed by atoms with Crippen LogP contribution in [-0.4, -0.2) is 53.9 Å². The smallest absolute Gasteiger partial charge is 0.215 e. The van der Waals surface area contributed by atoms with Gasteiger partial charge >= 0.3 is 0 Å². The van der Waals surface area contributed by atoms with Crippen LogP contribution in [-0.2, 0) is 0 Å². The fraction of sp³-hybridized carbons (Fsp3) is 0.800. The molecule has 0 aliphatic carbocycles. The minimum Gasteiger partial charge on any atom is -0.369 e. The van der Waals surface area contributed by atoms with Crippen LogP contribution in [0.4, 0.5) is 0 Å². The summed E-state index contributed by atoms with van der Waals surface area (Å²) in [5, 5.41) is 7.07. The van der Waals surface area contributed by atoms with Gasteiger partial charge in [0.25, 0.3) is 0 Å². The number of hydrogen-bond donors (Lipinski definition) is 3. The second-order valence-electron chi connectivity index (χ2n) is 3.96. The third-order valence-corrected chi connectivity index (χ3v) is 3.05. The predicted octanol–water partition coefficient (Wildman–Crippen LogP) is -0.389. The van der Waals surface area contributed by atoms with E-state index in [9.17, 15) is 0 Å². The molecule has 92 valence electrons. The number of rotatable bonds is 3. The summed E-state index contributed by atoms with van der Waals surface area (Å²) in [6.45, 7) is 8.21. The zero-order chi connectivity index (χ0) is 12.1. The molecule has 0 saturated carbocycles. The van der Waals surface area contributed by atoms with E-state index in [4.69, 9.17) is 16.9 Å². The van der Waals surface area contributed by atoms with Gasteiger partial charge in [0.2, 0.25) is 5.96 Å². The monoisotopic (exact) mass is 226 g/mol. The van der Waals surface area contributed by atoms with Crippen LogP contribution in [0.25, 0.3) is 0 Å². The van der Waals surface area contributed by atoms with E-state index in [1.54, 1.807) is 0 Å². The molecule has 0 aromatic heterocycles. The van der Waals surface area contributed by atoms with Gasteiger partial charge in [0.1, 0.15) is 0 Å². The van der Waals surface area contributed by atoms with Gasteiger partial charge in [0, 0.05) is 19.1 Å². The summed E-state index contributed by atoms with van der Waals surface area (Å²) in [4.78, 5) is 8.18. The molecule has 0 aromatic rings. The van der Waals surface area contributed by atoms with Gasteiger partial charge in [-0.15, -0.1) is 0 Å². The van der Waals surface area contributed by atoms with Crippen LogP contribution < -0.4 is 11.5 Å². The predicted molar refractivity (Wildman–Crippen MR) is 66.4 cm³/mol. The largest absolute Gasteiger partial charge is 0.369 e. The Bertz CT molecular complexity index is 270. The van der Waals surface area contributed by atoms with Gasteiger partial charge in [-0.2, -0.15) is 4.99 Å². The van der Waals surface area contributed by atoms with Gasteiger partial charge in [-0.1, -0.05) is 13.8 Å². The Hall–Kier alpha value is -1.30. The average molecular weight is 226 g/mol. The SMILES string of the molecule is CCN(CC)C1CCN(/C(N)=N/C(=N)N)C1. The highest BCUT2D eigenvalue weighted by molar-refractivity contribution is 5.91. The Morgan fingerprint density at radius 2 is 2.06 bits per heavy atom. The maximum absolute atomic E-state index is 7.07. The van der Waals surface area contributed by atoms with Crippen LogP contribution in [0.3, 0.4) is 0 Å². The van der Waals surface area contributed by atoms with Crippen LogP contribution in [0.5, 0.6) is 0 Å². The topological polar surface area (TPSA) is 94.7 Å². The normalized spacial score (nSPS) is 21.8. The molecule has 0 spiro atoms. The molecule has 16 heavy (non-hydrogen) atoms. The molecule has 1 fully saturated rings. The molecule has 1 saturated heterocycles. The van der Waals surface area contributed by atoms with Gasteiger partial charge in [0.05, 0.1) is 0 Å². The lowest BCUT2D eigenvalue weighted by molar-refractivity contribution is 0.223. The quantitative estimate of drug-likeness (QED) is 0.451. The average Bonchev–Trinajstić information content (AvgIpc) is 2.68. The van der Waals surface area contributed by atoms with Crippen LogP contribution >= 0.6 is 0 Å². The summed E-state index contributed by atoms with van der Waals surface area (Å²) in [5.41, 5.74) is 10.9. The molecule has 6 heteroatoms. The molecule has 6 nitrogen and oxygen atoms in total. The summed E-state index contributed by atoms with van der Waals surface area (Å²) in [5.74, 6) is 0.131. The summed E-state index contributed by atoms with van der Waals surface area (Å²) >= 11 is 0. The number of likely N-dealkylation sites (N-methyl/N-ethyl adjacent to an activating group) is 1. The van der Waals surface area contributed by atoms with Crippen LogP contribution in [0, 0.1) is 5.41 Å². The molecule has 1 aliphatic heterocycles. The summed E-state index contributed by atoms with van der Waals surface area (Å²) in [6.07, 6.45) is 1.09. The second-order valence-corrected chi connectivity index (χ2v) is 3.96. The molecule has 0 amide bonds. The molecule has 0 aromatic carbocycles. The number of nitrogens with zero attached hydrogens (tertiary/aromatic N) is 3. The number of nitrogens with one attached hydrogen (secondary N) is 1. The first-order valence-corrected chi connectivity index (χ1v) is 5.75. The molecule has 0 bridgehead atoms. The Kier molecular flexibility index (Phi) is 4.54. The zero-order valence-electron chi connectivity index (χ0n) is 10.1. The molecular weight excluding hydrogens is 204 g/mol. The maximum Gasteiger partial charge on any atom is 0.215 e. The van der Waals surface area contributed by atoms with Crippen molar-refractivity contribution in [3.8, 4) is 0 Å². The van der Waals surface area contributed by atoms with E-state index in [0.717, 1.165) is 32.6 Å². The molecular formula is C10H22N6. The molecule has 5 N–H and O–H groups in total. The van der Waals surface area contributed by atoms with E-state index < -0.39 is 0 Å². The lowest BCUT2D eigenvalue weighted by atomic mass is 10.2. The fourth-order valence-electron chi connectivity index (χ4n) is 2.18. The minimum atomic E-state index is -0.233. The number of likely N-dealkylation sites (tertiary alicyclic amines) is 1. The number of nitrogens with two attached hydrogens (primary N) is 2. The molecule has 1 aliphatic rings. The Morgan fingerprint density at radius 1 is 1.44 bits per heavy atom. The Labute approximate surface area is 96.8 Å². The first-order chi connectivity index (χ1) is 7.58. The van der Waals surface area contributed by atoms with E-state index in [1.165, 1.54) is 0 Å². The van der Waals surface area contributed by atoms with Crippen molar-refractivity contribution in [1.82, 2.24) is 9.80 Å². The van der Waals surface area contributed by atoms with Crippen molar-refractivity contribution >= 4 is 11.9 Å². The number of hydrogen-bond acceptors (Lipinski definition) is 2. The molecule has 1 unspecified atom stereocenters. The fourth-order valence-corrected chi connectivity index (χ4v) is 2.18.